The molecule has 16 heavy (non-hydrogen) atoms. The first-order valence-corrected chi connectivity index (χ1v) is 5.82. The molecule has 2 fully saturated rings. The second-order valence-electron chi connectivity index (χ2n) is 4.90. The van der Waals surface area contributed by atoms with Gasteiger partial charge in [-0.3, -0.25) is 0 Å². The number of aromatic nitrogens is 1. The standard InChI is InChI=1S/C12H17N3O/c13-10-2-1-5-14-11(10)15-6-3-12(4-7-15)8-16-9-12/h1-2,5H,3-4,6-9,13H2. The Morgan fingerprint density at radius 2 is 2.06 bits per heavy atom. The molecule has 2 aliphatic heterocycles. The van der Waals surface area contributed by atoms with Crippen molar-refractivity contribution in [2.45, 2.75) is 12.8 Å². The molecule has 4 nitrogen and oxygen atoms in total. The topological polar surface area (TPSA) is 51.4 Å². The van der Waals surface area contributed by atoms with Gasteiger partial charge in [-0.1, -0.05) is 0 Å². The van der Waals surface area contributed by atoms with Gasteiger partial charge in [0.1, 0.15) is 0 Å². The predicted molar refractivity (Wildman–Crippen MR) is 63.3 cm³/mol. The van der Waals surface area contributed by atoms with Crippen LogP contribution in [0.4, 0.5) is 11.5 Å². The second kappa shape index (κ2) is 3.63. The van der Waals surface area contributed by atoms with Gasteiger partial charge >= 0.3 is 0 Å². The van der Waals surface area contributed by atoms with Crippen molar-refractivity contribution in [3.8, 4) is 0 Å². The Bertz CT molecular complexity index is 380. The van der Waals surface area contributed by atoms with Crippen molar-refractivity contribution in [3.05, 3.63) is 18.3 Å². The van der Waals surface area contributed by atoms with Gasteiger partial charge in [0.15, 0.2) is 5.82 Å². The number of nitrogen functional groups attached to an aromatic ring is 1. The number of piperidine rings is 1. The van der Waals surface area contributed by atoms with Crippen molar-refractivity contribution in [2.24, 2.45) is 5.41 Å². The van der Waals surface area contributed by atoms with E-state index in [2.05, 4.69) is 9.88 Å². The minimum atomic E-state index is 0.472. The molecular weight excluding hydrogens is 202 g/mol. The highest BCUT2D eigenvalue weighted by Gasteiger charge is 2.41. The Labute approximate surface area is 95.4 Å². The first-order chi connectivity index (χ1) is 7.79. The monoisotopic (exact) mass is 219 g/mol. The summed E-state index contributed by atoms with van der Waals surface area (Å²) in [6.07, 6.45) is 4.20. The van der Waals surface area contributed by atoms with Gasteiger partial charge < -0.3 is 15.4 Å². The largest absolute Gasteiger partial charge is 0.396 e. The second-order valence-corrected chi connectivity index (χ2v) is 4.90. The maximum Gasteiger partial charge on any atom is 0.151 e. The number of rotatable bonds is 1. The van der Waals surface area contributed by atoms with Crippen LogP contribution in [0.5, 0.6) is 0 Å². The van der Waals surface area contributed by atoms with Crippen LogP contribution in [0.1, 0.15) is 12.8 Å². The third kappa shape index (κ3) is 1.53. The molecular formula is C12H17N3O. The Morgan fingerprint density at radius 1 is 1.31 bits per heavy atom. The molecule has 2 saturated heterocycles. The summed E-state index contributed by atoms with van der Waals surface area (Å²) < 4.78 is 5.32. The molecule has 0 atom stereocenters. The molecule has 0 bridgehead atoms. The molecule has 3 rings (SSSR count). The summed E-state index contributed by atoms with van der Waals surface area (Å²) in [5.74, 6) is 0.942. The summed E-state index contributed by atoms with van der Waals surface area (Å²) in [7, 11) is 0. The quantitative estimate of drug-likeness (QED) is 0.773. The van der Waals surface area contributed by atoms with E-state index in [9.17, 15) is 0 Å². The highest BCUT2D eigenvalue weighted by Crippen LogP contribution is 2.39. The average molecular weight is 219 g/mol. The van der Waals surface area contributed by atoms with Crippen molar-refractivity contribution < 1.29 is 4.74 Å². The number of anilines is 2. The lowest BCUT2D eigenvalue weighted by Crippen LogP contribution is -2.51. The number of nitrogens with zero attached hydrogens (tertiary/aromatic N) is 2. The highest BCUT2D eigenvalue weighted by molar-refractivity contribution is 5.62. The van der Waals surface area contributed by atoms with Gasteiger partial charge in [-0.05, 0) is 25.0 Å². The van der Waals surface area contributed by atoms with E-state index in [-0.39, 0.29) is 0 Å². The zero-order valence-electron chi connectivity index (χ0n) is 9.35. The Balaban J connectivity index is 1.72. The fourth-order valence-corrected chi connectivity index (χ4v) is 2.55. The Kier molecular flexibility index (Phi) is 2.24. The third-order valence-electron chi connectivity index (χ3n) is 3.76. The zero-order chi connectivity index (χ0) is 11.0. The van der Waals surface area contributed by atoms with Crippen molar-refractivity contribution in [1.82, 2.24) is 4.98 Å². The summed E-state index contributed by atoms with van der Waals surface area (Å²) >= 11 is 0. The van der Waals surface area contributed by atoms with Crippen LogP contribution in [-0.4, -0.2) is 31.3 Å². The first-order valence-electron chi connectivity index (χ1n) is 5.82. The number of hydrogen-bond donors (Lipinski definition) is 1. The van der Waals surface area contributed by atoms with E-state index in [0.717, 1.165) is 37.8 Å². The maximum absolute atomic E-state index is 5.94. The number of hydrogen-bond acceptors (Lipinski definition) is 4. The molecule has 0 aromatic carbocycles. The molecule has 0 saturated carbocycles. The summed E-state index contributed by atoms with van der Waals surface area (Å²) in [6.45, 7) is 3.98. The van der Waals surface area contributed by atoms with Crippen LogP contribution in [0.25, 0.3) is 0 Å². The predicted octanol–water partition coefficient (Wildman–Crippen LogP) is 1.28. The molecule has 0 unspecified atom stereocenters. The number of pyridine rings is 1. The molecule has 1 aromatic heterocycles. The lowest BCUT2D eigenvalue weighted by molar-refractivity contribution is -0.124. The van der Waals surface area contributed by atoms with Crippen molar-refractivity contribution in [2.75, 3.05) is 36.9 Å². The van der Waals surface area contributed by atoms with E-state index in [1.165, 1.54) is 12.8 Å². The molecule has 0 aliphatic carbocycles. The minimum Gasteiger partial charge on any atom is -0.396 e. The molecule has 1 aromatic rings. The molecule has 2 N–H and O–H groups in total. The van der Waals surface area contributed by atoms with Crippen LogP contribution < -0.4 is 10.6 Å². The van der Waals surface area contributed by atoms with Gasteiger partial charge in [0.05, 0.1) is 18.9 Å². The molecule has 1 spiro atoms. The molecule has 0 radical (unpaired) electrons. The van der Waals surface area contributed by atoms with Gasteiger partial charge in [-0.2, -0.15) is 0 Å². The fourth-order valence-electron chi connectivity index (χ4n) is 2.55. The highest BCUT2D eigenvalue weighted by atomic mass is 16.5. The lowest BCUT2D eigenvalue weighted by Gasteiger charge is -2.47. The van der Waals surface area contributed by atoms with Gasteiger partial charge in [0, 0.05) is 24.7 Å². The SMILES string of the molecule is Nc1cccnc1N1CCC2(CC1)COC2. The van der Waals surface area contributed by atoms with Crippen LogP contribution >= 0.6 is 0 Å². The van der Waals surface area contributed by atoms with Crippen molar-refractivity contribution >= 4 is 11.5 Å². The average Bonchev–Trinajstić information content (AvgIpc) is 2.28. The Morgan fingerprint density at radius 3 is 2.62 bits per heavy atom. The third-order valence-corrected chi connectivity index (χ3v) is 3.76. The minimum absolute atomic E-state index is 0.472. The summed E-state index contributed by atoms with van der Waals surface area (Å²) in [4.78, 5) is 6.65. The maximum atomic E-state index is 5.94. The molecule has 0 amide bonds. The normalized spacial score (nSPS) is 23.1. The van der Waals surface area contributed by atoms with Crippen molar-refractivity contribution in [1.29, 1.82) is 0 Å². The molecule has 4 heteroatoms. The van der Waals surface area contributed by atoms with Crippen molar-refractivity contribution in [3.63, 3.8) is 0 Å². The van der Waals surface area contributed by atoms with Crippen LogP contribution in [0.15, 0.2) is 18.3 Å². The summed E-state index contributed by atoms with van der Waals surface area (Å²) in [6, 6.07) is 3.79. The zero-order valence-corrected chi connectivity index (χ0v) is 9.35. The summed E-state index contributed by atoms with van der Waals surface area (Å²) in [5.41, 5.74) is 7.19. The lowest BCUT2D eigenvalue weighted by atomic mass is 9.77. The van der Waals surface area contributed by atoms with Crippen LogP contribution in [-0.2, 0) is 4.74 Å². The van der Waals surface area contributed by atoms with Gasteiger partial charge in [-0.15, -0.1) is 0 Å². The van der Waals surface area contributed by atoms with Gasteiger partial charge in [0.25, 0.3) is 0 Å². The van der Waals surface area contributed by atoms with Gasteiger partial charge in [-0.25, -0.2) is 4.98 Å². The van der Waals surface area contributed by atoms with E-state index in [0.29, 0.717) is 5.41 Å². The van der Waals surface area contributed by atoms with Crippen LogP contribution in [0.3, 0.4) is 0 Å². The van der Waals surface area contributed by atoms with Gasteiger partial charge in [0.2, 0.25) is 0 Å². The van der Waals surface area contributed by atoms with E-state index >= 15 is 0 Å². The fraction of sp³-hybridized carbons (Fsp3) is 0.583. The molecule has 2 aliphatic rings. The number of nitrogens with two attached hydrogens (primary N) is 1. The summed E-state index contributed by atoms with van der Waals surface area (Å²) in [5, 5.41) is 0. The van der Waals surface area contributed by atoms with E-state index in [1.54, 1.807) is 0 Å². The Hall–Kier alpha value is -1.29. The molecule has 86 valence electrons. The van der Waals surface area contributed by atoms with Crippen LogP contribution in [0, 0.1) is 5.41 Å². The van der Waals surface area contributed by atoms with E-state index in [4.69, 9.17) is 10.5 Å². The van der Waals surface area contributed by atoms with Crippen LogP contribution in [0.2, 0.25) is 0 Å². The van der Waals surface area contributed by atoms with E-state index < -0.39 is 0 Å². The number of ether oxygens (including phenoxy) is 1. The van der Waals surface area contributed by atoms with E-state index in [1.807, 2.05) is 18.3 Å². The first kappa shape index (κ1) is 9.90. The smallest absolute Gasteiger partial charge is 0.151 e. The molecule has 3 heterocycles.